The summed E-state index contributed by atoms with van der Waals surface area (Å²) in [6.45, 7) is 9.45. The van der Waals surface area contributed by atoms with Crippen LogP contribution >= 0.6 is 0 Å². The number of morpholine rings is 1. The lowest BCUT2D eigenvalue weighted by Crippen LogP contribution is -2.40. The van der Waals surface area contributed by atoms with Gasteiger partial charge in [0.05, 0.1) is 13.2 Å². The van der Waals surface area contributed by atoms with Gasteiger partial charge in [-0.2, -0.15) is 0 Å². The average molecular weight is 289 g/mol. The van der Waals surface area contributed by atoms with Crippen LogP contribution in [0.15, 0.2) is 18.2 Å². The van der Waals surface area contributed by atoms with Crippen molar-refractivity contribution in [1.82, 2.24) is 10.2 Å². The molecular formula is C17H27N3O. The van der Waals surface area contributed by atoms with Crippen LogP contribution in [0, 0.1) is 0 Å². The molecule has 0 saturated carbocycles. The third kappa shape index (κ3) is 4.19. The topological polar surface area (TPSA) is 36.5 Å². The Morgan fingerprint density at radius 1 is 1.29 bits per heavy atom. The first-order chi connectivity index (χ1) is 10.3. The van der Waals surface area contributed by atoms with Crippen molar-refractivity contribution >= 4 is 5.69 Å². The predicted molar refractivity (Wildman–Crippen MR) is 87.1 cm³/mol. The molecule has 1 fully saturated rings. The molecule has 3 rings (SSSR count). The van der Waals surface area contributed by atoms with Crippen LogP contribution in [0.1, 0.15) is 18.1 Å². The number of benzene rings is 1. The molecule has 116 valence electrons. The van der Waals surface area contributed by atoms with E-state index in [2.05, 4.69) is 40.7 Å². The lowest BCUT2D eigenvalue weighted by atomic mass is 10.0. The van der Waals surface area contributed by atoms with Crippen LogP contribution in [0.5, 0.6) is 0 Å². The quantitative estimate of drug-likeness (QED) is 0.778. The monoisotopic (exact) mass is 289 g/mol. The second-order valence-corrected chi connectivity index (χ2v) is 6.20. The summed E-state index contributed by atoms with van der Waals surface area (Å²) in [5.41, 5.74) is 4.25. The Morgan fingerprint density at radius 2 is 2.14 bits per heavy atom. The Kier molecular flexibility index (Phi) is 5.12. The summed E-state index contributed by atoms with van der Waals surface area (Å²) < 4.78 is 5.36. The van der Waals surface area contributed by atoms with Crippen LogP contribution in [0.3, 0.4) is 0 Å². The molecule has 2 aliphatic rings. The van der Waals surface area contributed by atoms with Gasteiger partial charge in [0, 0.05) is 37.9 Å². The van der Waals surface area contributed by atoms with Gasteiger partial charge in [0.2, 0.25) is 0 Å². The number of nitrogens with zero attached hydrogens (tertiary/aromatic N) is 1. The number of hydrogen-bond acceptors (Lipinski definition) is 4. The Balaban J connectivity index is 1.35. The van der Waals surface area contributed by atoms with Gasteiger partial charge in [-0.15, -0.1) is 0 Å². The molecule has 4 nitrogen and oxygen atoms in total. The van der Waals surface area contributed by atoms with Gasteiger partial charge in [0.1, 0.15) is 0 Å². The lowest BCUT2D eigenvalue weighted by Gasteiger charge is -2.26. The molecule has 4 heteroatoms. The van der Waals surface area contributed by atoms with Gasteiger partial charge in [0.25, 0.3) is 0 Å². The molecule has 2 heterocycles. The molecule has 0 aromatic heterocycles. The Morgan fingerprint density at radius 3 is 3.00 bits per heavy atom. The van der Waals surface area contributed by atoms with Crippen molar-refractivity contribution in [2.45, 2.75) is 25.8 Å². The van der Waals surface area contributed by atoms with E-state index >= 15 is 0 Å². The SMILES string of the molecule is CC1Cc2cc(CCNCCN3CCOCC3)ccc2N1. The molecule has 0 spiro atoms. The summed E-state index contributed by atoms with van der Waals surface area (Å²) in [7, 11) is 0. The molecule has 1 unspecified atom stereocenters. The van der Waals surface area contributed by atoms with Crippen molar-refractivity contribution in [3.63, 3.8) is 0 Å². The van der Waals surface area contributed by atoms with Crippen molar-refractivity contribution in [3.8, 4) is 0 Å². The first-order valence-corrected chi connectivity index (χ1v) is 8.20. The summed E-state index contributed by atoms with van der Waals surface area (Å²) in [6, 6.07) is 7.45. The van der Waals surface area contributed by atoms with Crippen LogP contribution in [0.25, 0.3) is 0 Å². The molecule has 1 atom stereocenters. The fraction of sp³-hybridized carbons (Fsp3) is 0.647. The van der Waals surface area contributed by atoms with Crippen LogP contribution in [-0.2, 0) is 17.6 Å². The number of ether oxygens (including phenoxy) is 1. The van der Waals surface area contributed by atoms with Gasteiger partial charge >= 0.3 is 0 Å². The van der Waals surface area contributed by atoms with Crippen molar-refractivity contribution in [1.29, 1.82) is 0 Å². The van der Waals surface area contributed by atoms with Gasteiger partial charge in [-0.1, -0.05) is 12.1 Å². The van der Waals surface area contributed by atoms with E-state index in [-0.39, 0.29) is 0 Å². The van der Waals surface area contributed by atoms with E-state index in [1.807, 2.05) is 0 Å². The van der Waals surface area contributed by atoms with Crippen molar-refractivity contribution in [3.05, 3.63) is 29.3 Å². The minimum absolute atomic E-state index is 0.585. The molecule has 21 heavy (non-hydrogen) atoms. The highest BCUT2D eigenvalue weighted by molar-refractivity contribution is 5.57. The molecular weight excluding hydrogens is 262 g/mol. The Hall–Kier alpha value is -1.10. The van der Waals surface area contributed by atoms with Crippen LogP contribution < -0.4 is 10.6 Å². The highest BCUT2D eigenvalue weighted by Crippen LogP contribution is 2.26. The fourth-order valence-corrected chi connectivity index (χ4v) is 3.18. The summed E-state index contributed by atoms with van der Waals surface area (Å²) in [5.74, 6) is 0. The van der Waals surface area contributed by atoms with Gasteiger partial charge in [-0.3, -0.25) is 4.90 Å². The minimum Gasteiger partial charge on any atom is -0.382 e. The number of rotatable bonds is 6. The number of fused-ring (bicyclic) bond motifs is 1. The van der Waals surface area contributed by atoms with E-state index in [1.54, 1.807) is 0 Å². The maximum atomic E-state index is 5.36. The smallest absolute Gasteiger partial charge is 0.0594 e. The molecule has 1 aromatic rings. The van der Waals surface area contributed by atoms with Gasteiger partial charge in [0.15, 0.2) is 0 Å². The maximum absolute atomic E-state index is 5.36. The second kappa shape index (κ2) is 7.25. The average Bonchev–Trinajstić information content (AvgIpc) is 2.87. The van der Waals surface area contributed by atoms with Crippen molar-refractivity contribution in [2.24, 2.45) is 0 Å². The van der Waals surface area contributed by atoms with E-state index in [0.717, 1.165) is 58.8 Å². The summed E-state index contributed by atoms with van der Waals surface area (Å²) in [6.07, 6.45) is 2.28. The zero-order valence-corrected chi connectivity index (χ0v) is 13.0. The van der Waals surface area contributed by atoms with Crippen LogP contribution in [0.4, 0.5) is 5.69 Å². The largest absolute Gasteiger partial charge is 0.382 e. The van der Waals surface area contributed by atoms with Crippen LogP contribution in [-0.4, -0.2) is 56.9 Å². The van der Waals surface area contributed by atoms with Gasteiger partial charge in [-0.05, 0) is 43.5 Å². The molecule has 1 saturated heterocycles. The molecule has 0 bridgehead atoms. The zero-order valence-electron chi connectivity index (χ0n) is 13.0. The molecule has 0 amide bonds. The van der Waals surface area contributed by atoms with E-state index in [4.69, 9.17) is 4.74 Å². The molecule has 1 aromatic carbocycles. The first kappa shape index (κ1) is 14.8. The van der Waals surface area contributed by atoms with E-state index < -0.39 is 0 Å². The fourth-order valence-electron chi connectivity index (χ4n) is 3.18. The zero-order chi connectivity index (χ0) is 14.5. The molecule has 0 radical (unpaired) electrons. The first-order valence-electron chi connectivity index (χ1n) is 8.20. The Bertz CT molecular complexity index is 457. The van der Waals surface area contributed by atoms with Crippen molar-refractivity contribution < 1.29 is 4.74 Å². The molecule has 0 aliphatic carbocycles. The predicted octanol–water partition coefficient (Wildman–Crippen LogP) is 1.51. The minimum atomic E-state index is 0.585. The summed E-state index contributed by atoms with van der Waals surface area (Å²) in [5, 5.41) is 7.07. The van der Waals surface area contributed by atoms with E-state index in [1.165, 1.54) is 16.8 Å². The highest BCUT2D eigenvalue weighted by atomic mass is 16.5. The standard InChI is InChI=1S/C17H27N3O/c1-14-12-16-13-15(2-3-17(16)19-14)4-5-18-6-7-20-8-10-21-11-9-20/h2-3,13-14,18-19H,4-12H2,1H3. The summed E-state index contributed by atoms with van der Waals surface area (Å²) >= 11 is 0. The molecule has 2 N–H and O–H groups in total. The third-order valence-corrected chi connectivity index (χ3v) is 4.40. The van der Waals surface area contributed by atoms with Gasteiger partial charge in [-0.25, -0.2) is 0 Å². The number of hydrogen-bond donors (Lipinski definition) is 2. The third-order valence-electron chi connectivity index (χ3n) is 4.40. The van der Waals surface area contributed by atoms with Gasteiger partial charge < -0.3 is 15.4 Å². The maximum Gasteiger partial charge on any atom is 0.0594 e. The molecule has 2 aliphatic heterocycles. The van der Waals surface area contributed by atoms with E-state index in [0.29, 0.717) is 6.04 Å². The van der Waals surface area contributed by atoms with Crippen LogP contribution in [0.2, 0.25) is 0 Å². The highest BCUT2D eigenvalue weighted by Gasteiger charge is 2.16. The lowest BCUT2D eigenvalue weighted by molar-refractivity contribution is 0.0385. The Labute approximate surface area is 127 Å². The van der Waals surface area contributed by atoms with Crippen molar-refractivity contribution in [2.75, 3.05) is 51.3 Å². The summed E-state index contributed by atoms with van der Waals surface area (Å²) in [4.78, 5) is 2.47. The second-order valence-electron chi connectivity index (χ2n) is 6.20. The normalized spacial score (nSPS) is 22.0. The number of anilines is 1. The van der Waals surface area contributed by atoms with E-state index in [9.17, 15) is 0 Å². The number of nitrogens with one attached hydrogen (secondary N) is 2.